The fourth-order valence-corrected chi connectivity index (χ4v) is 3.41. The van der Waals surface area contributed by atoms with E-state index < -0.39 is 16.0 Å². The number of hydrogen-bond donors (Lipinski definition) is 1. The molecule has 3 rings (SSSR count). The molecule has 0 spiro atoms. The van der Waals surface area contributed by atoms with Crippen molar-refractivity contribution < 1.29 is 22.4 Å². The molecule has 0 aliphatic carbocycles. The molecule has 0 amide bonds. The van der Waals surface area contributed by atoms with E-state index in [-0.39, 0.29) is 22.9 Å². The molecule has 1 heterocycles. The lowest BCUT2D eigenvalue weighted by Crippen LogP contribution is -2.14. The minimum Gasteiger partial charge on any atom is -0.424 e. The van der Waals surface area contributed by atoms with E-state index in [0.717, 1.165) is 11.1 Å². The Hall–Kier alpha value is -3.06. The van der Waals surface area contributed by atoms with E-state index in [4.69, 9.17) is 9.15 Å². The number of hydrogen-bond acceptors (Lipinski definition) is 5. The van der Waals surface area contributed by atoms with E-state index in [9.17, 15) is 13.2 Å². The van der Waals surface area contributed by atoms with E-state index in [0.29, 0.717) is 5.76 Å². The summed E-state index contributed by atoms with van der Waals surface area (Å²) in [6.07, 6.45) is 0.130. The van der Waals surface area contributed by atoms with Gasteiger partial charge in [0.2, 0.25) is 0 Å². The minimum atomic E-state index is -3.87. The number of ether oxygens (including phenoxy) is 1. The molecule has 6 nitrogen and oxygen atoms in total. The quantitative estimate of drug-likeness (QED) is 0.637. The van der Waals surface area contributed by atoms with Gasteiger partial charge in [0.25, 0.3) is 10.0 Å². The molecule has 0 unspecified atom stereocenters. The van der Waals surface area contributed by atoms with Gasteiger partial charge in [-0.05, 0) is 19.1 Å². The van der Waals surface area contributed by atoms with Crippen molar-refractivity contribution in [3.05, 3.63) is 66.2 Å². The molecule has 2 aromatic carbocycles. The van der Waals surface area contributed by atoms with Crippen molar-refractivity contribution in [1.82, 2.24) is 0 Å². The molecule has 1 aromatic heterocycles. The van der Waals surface area contributed by atoms with Crippen molar-refractivity contribution in [3.8, 4) is 17.3 Å². The highest BCUT2D eigenvalue weighted by atomic mass is 32.2. The van der Waals surface area contributed by atoms with Crippen LogP contribution in [0, 0.1) is 6.92 Å². The fraction of sp³-hybridized carbons (Fsp3) is 0.150. The largest absolute Gasteiger partial charge is 0.424 e. The van der Waals surface area contributed by atoms with Gasteiger partial charge in [-0.25, -0.2) is 8.42 Å². The normalized spacial score (nSPS) is 11.2. The number of nitrogens with one attached hydrogen (secondary N) is 1. The Morgan fingerprint density at radius 1 is 1.07 bits per heavy atom. The maximum atomic E-state index is 12.7. The molecule has 1 N–H and O–H groups in total. The molecule has 140 valence electrons. The molecule has 0 aliphatic heterocycles. The van der Waals surface area contributed by atoms with E-state index in [2.05, 4.69) is 4.72 Å². The summed E-state index contributed by atoms with van der Waals surface area (Å²) in [6.45, 7) is 3.51. The second-order valence-electron chi connectivity index (χ2n) is 5.92. The van der Waals surface area contributed by atoms with Crippen molar-refractivity contribution in [2.24, 2.45) is 0 Å². The first-order chi connectivity index (χ1) is 12.9. The number of esters is 1. The Labute approximate surface area is 157 Å². The Kier molecular flexibility index (Phi) is 5.32. The maximum absolute atomic E-state index is 12.7. The summed E-state index contributed by atoms with van der Waals surface area (Å²) in [6, 6.07) is 17.0. The summed E-state index contributed by atoms with van der Waals surface area (Å²) in [5.41, 5.74) is 1.74. The molecular weight excluding hydrogens is 366 g/mol. The molecule has 0 aliphatic rings. The van der Waals surface area contributed by atoms with Crippen LogP contribution in [-0.2, 0) is 14.8 Å². The highest BCUT2D eigenvalue weighted by molar-refractivity contribution is 7.92. The third-order valence-corrected chi connectivity index (χ3v) is 5.21. The second-order valence-corrected chi connectivity index (χ2v) is 7.61. The number of sulfonamides is 1. The van der Waals surface area contributed by atoms with Gasteiger partial charge in [-0.1, -0.05) is 55.0 Å². The van der Waals surface area contributed by atoms with Crippen molar-refractivity contribution in [1.29, 1.82) is 0 Å². The standard InChI is InChI=1S/C20H19NO5S/c1-3-19(22)26-20-17(13-18(25-20)15-7-5-4-6-8-15)21-27(23,24)16-11-9-14(2)10-12-16/h4-13,21H,3H2,1-2H3. The van der Waals surface area contributed by atoms with Crippen LogP contribution in [0.25, 0.3) is 11.3 Å². The zero-order chi connectivity index (χ0) is 19.4. The number of aryl methyl sites for hydroxylation is 1. The third-order valence-electron chi connectivity index (χ3n) is 3.83. The zero-order valence-electron chi connectivity index (χ0n) is 14.9. The van der Waals surface area contributed by atoms with E-state index in [1.165, 1.54) is 18.2 Å². The maximum Gasteiger partial charge on any atom is 0.318 e. The van der Waals surface area contributed by atoms with Crippen LogP contribution < -0.4 is 9.46 Å². The molecule has 0 radical (unpaired) electrons. The molecule has 0 atom stereocenters. The molecule has 0 saturated carbocycles. The molecule has 27 heavy (non-hydrogen) atoms. The summed E-state index contributed by atoms with van der Waals surface area (Å²) in [5, 5.41) is 0. The Morgan fingerprint density at radius 2 is 1.74 bits per heavy atom. The van der Waals surface area contributed by atoms with Crippen molar-refractivity contribution >= 4 is 21.7 Å². The van der Waals surface area contributed by atoms with Gasteiger partial charge in [-0.2, -0.15) is 0 Å². The Bertz CT molecular complexity index is 1040. The van der Waals surface area contributed by atoms with Crippen LogP contribution >= 0.6 is 0 Å². The van der Waals surface area contributed by atoms with Crippen molar-refractivity contribution in [2.75, 3.05) is 4.72 Å². The van der Waals surface area contributed by atoms with Gasteiger partial charge in [-0.3, -0.25) is 9.52 Å². The molecule has 0 bridgehead atoms. The Morgan fingerprint density at radius 3 is 2.37 bits per heavy atom. The summed E-state index contributed by atoms with van der Waals surface area (Å²) >= 11 is 0. The van der Waals surface area contributed by atoms with Crippen LogP contribution in [-0.4, -0.2) is 14.4 Å². The van der Waals surface area contributed by atoms with E-state index in [1.54, 1.807) is 19.1 Å². The summed E-state index contributed by atoms with van der Waals surface area (Å²) < 4.78 is 38.6. The predicted octanol–water partition coefficient (Wildman–Crippen LogP) is 4.37. The van der Waals surface area contributed by atoms with E-state index >= 15 is 0 Å². The summed E-state index contributed by atoms with van der Waals surface area (Å²) in [4.78, 5) is 11.8. The minimum absolute atomic E-state index is 0.0660. The summed E-state index contributed by atoms with van der Waals surface area (Å²) in [5.74, 6) is -0.327. The number of carbonyl (C=O) groups is 1. The average molecular weight is 385 g/mol. The van der Waals surface area contributed by atoms with Gasteiger partial charge >= 0.3 is 11.9 Å². The first-order valence-corrected chi connectivity index (χ1v) is 9.87. The van der Waals surface area contributed by atoms with Crippen molar-refractivity contribution in [3.63, 3.8) is 0 Å². The molecule has 0 fully saturated rings. The highest BCUT2D eigenvalue weighted by Crippen LogP contribution is 2.36. The predicted molar refractivity (Wildman–Crippen MR) is 102 cm³/mol. The van der Waals surface area contributed by atoms with Crippen LogP contribution in [0.15, 0.2) is 70.0 Å². The number of furan rings is 1. The monoisotopic (exact) mass is 385 g/mol. The lowest BCUT2D eigenvalue weighted by molar-refractivity contribution is -0.135. The van der Waals surface area contributed by atoms with Crippen LogP contribution in [0.3, 0.4) is 0 Å². The van der Waals surface area contributed by atoms with Crippen LogP contribution in [0.1, 0.15) is 18.9 Å². The number of rotatable bonds is 6. The van der Waals surface area contributed by atoms with Gasteiger partial charge in [0.15, 0.2) is 0 Å². The molecule has 3 aromatic rings. The molecular formula is C20H19NO5S. The smallest absolute Gasteiger partial charge is 0.318 e. The number of anilines is 1. The van der Waals surface area contributed by atoms with Gasteiger partial charge in [-0.15, -0.1) is 0 Å². The number of benzene rings is 2. The van der Waals surface area contributed by atoms with Gasteiger partial charge in [0.1, 0.15) is 11.4 Å². The van der Waals surface area contributed by atoms with Gasteiger partial charge in [0, 0.05) is 18.1 Å². The van der Waals surface area contributed by atoms with Gasteiger partial charge < -0.3 is 9.15 Å². The Balaban J connectivity index is 1.98. The van der Waals surface area contributed by atoms with E-state index in [1.807, 2.05) is 37.3 Å². The van der Waals surface area contributed by atoms with Gasteiger partial charge in [0.05, 0.1) is 4.90 Å². The lowest BCUT2D eigenvalue weighted by Gasteiger charge is -2.08. The lowest BCUT2D eigenvalue weighted by atomic mass is 10.2. The second kappa shape index (κ2) is 7.67. The van der Waals surface area contributed by atoms with Crippen LogP contribution in [0.2, 0.25) is 0 Å². The third kappa shape index (κ3) is 4.38. The highest BCUT2D eigenvalue weighted by Gasteiger charge is 2.22. The SMILES string of the molecule is CCC(=O)Oc1oc(-c2ccccc2)cc1NS(=O)(=O)c1ccc(C)cc1. The first-order valence-electron chi connectivity index (χ1n) is 8.38. The topological polar surface area (TPSA) is 85.6 Å². The molecule has 0 saturated heterocycles. The fourth-order valence-electron chi connectivity index (χ4n) is 2.36. The molecule has 7 heteroatoms. The average Bonchev–Trinajstić information content (AvgIpc) is 3.04. The first kappa shape index (κ1) is 18.7. The van der Waals surface area contributed by atoms with Crippen molar-refractivity contribution in [2.45, 2.75) is 25.2 Å². The zero-order valence-corrected chi connectivity index (χ0v) is 15.7. The number of carbonyl (C=O) groups excluding carboxylic acids is 1. The van der Waals surface area contributed by atoms with Crippen LogP contribution in [0.4, 0.5) is 5.69 Å². The van der Waals surface area contributed by atoms with Crippen LogP contribution in [0.5, 0.6) is 5.95 Å². The summed E-state index contributed by atoms with van der Waals surface area (Å²) in [7, 11) is -3.87.